The fourth-order valence-electron chi connectivity index (χ4n) is 4.81. The Kier molecular flexibility index (Phi) is 4.84. The van der Waals surface area contributed by atoms with Crippen molar-refractivity contribution in [2.75, 3.05) is 29.0 Å². The summed E-state index contributed by atoms with van der Waals surface area (Å²) in [5.74, 6) is 0.952. The van der Waals surface area contributed by atoms with Crippen LogP contribution in [-0.2, 0) is 20.2 Å². The number of ether oxygens (including phenoxy) is 1. The molecule has 164 valence electrons. The lowest BCUT2D eigenvalue weighted by atomic mass is 9.80. The van der Waals surface area contributed by atoms with Crippen molar-refractivity contribution in [3.05, 3.63) is 42.0 Å². The molecule has 0 bridgehead atoms. The van der Waals surface area contributed by atoms with E-state index in [1.54, 1.807) is 24.3 Å². The maximum absolute atomic E-state index is 13.2. The van der Waals surface area contributed by atoms with Gasteiger partial charge in [-0.1, -0.05) is 25.0 Å². The number of carbonyl (C=O) groups excluding carboxylic acids is 1. The summed E-state index contributed by atoms with van der Waals surface area (Å²) in [6, 6.07) is 10.1. The highest BCUT2D eigenvalue weighted by atomic mass is 32.2. The second-order valence-electron chi connectivity index (χ2n) is 8.77. The minimum absolute atomic E-state index is 0.0270. The Hall–Kier alpha value is -2.74. The Bertz CT molecular complexity index is 1140. The van der Waals surface area contributed by atoms with E-state index in [1.165, 1.54) is 26.0 Å². The van der Waals surface area contributed by atoms with Crippen LogP contribution in [0.1, 0.15) is 44.1 Å². The van der Waals surface area contributed by atoms with Crippen molar-refractivity contribution in [1.82, 2.24) is 0 Å². The van der Waals surface area contributed by atoms with E-state index in [9.17, 15) is 13.2 Å². The van der Waals surface area contributed by atoms with E-state index >= 15 is 0 Å². The molecule has 8 heteroatoms. The van der Waals surface area contributed by atoms with Crippen LogP contribution < -0.4 is 20.1 Å². The van der Waals surface area contributed by atoms with E-state index in [-0.39, 0.29) is 16.6 Å². The number of carbonyl (C=O) groups is 1. The summed E-state index contributed by atoms with van der Waals surface area (Å²) in [4.78, 5) is 13.0. The first-order valence-electron chi connectivity index (χ1n) is 10.8. The minimum Gasteiger partial charge on any atom is -0.495 e. The standard InChI is InChI=1S/C23H27N3O4S/c1-30-19-6-2-3-7-20(19)31(28,29)26-16-12-17-21(18(13-16)24-14-15-8-9-15)25-22(27)23(17)10-4-5-11-23/h2-3,6-7,12-13,15,24,26H,4-5,8-11,14H2,1H3,(H,25,27). The van der Waals surface area contributed by atoms with E-state index in [0.29, 0.717) is 11.6 Å². The number of nitrogens with one attached hydrogen (secondary N) is 3. The number of hydrogen-bond donors (Lipinski definition) is 3. The molecule has 7 nitrogen and oxygen atoms in total. The van der Waals surface area contributed by atoms with Crippen molar-refractivity contribution in [3.8, 4) is 5.75 Å². The summed E-state index contributed by atoms with van der Waals surface area (Å²) in [5.41, 5.74) is 2.36. The molecule has 0 radical (unpaired) electrons. The predicted molar refractivity (Wildman–Crippen MR) is 120 cm³/mol. The normalized spacial score (nSPS) is 19.2. The zero-order valence-corrected chi connectivity index (χ0v) is 18.3. The number of anilines is 3. The third-order valence-corrected chi connectivity index (χ3v) is 8.09. The van der Waals surface area contributed by atoms with Gasteiger partial charge in [-0.3, -0.25) is 9.52 Å². The van der Waals surface area contributed by atoms with Crippen LogP contribution in [0.3, 0.4) is 0 Å². The fourth-order valence-corrected chi connectivity index (χ4v) is 6.02. The SMILES string of the molecule is COc1ccccc1S(=O)(=O)Nc1cc(NCC2CC2)c2c(c1)C1(CCCC1)C(=O)N2. The second-order valence-corrected chi connectivity index (χ2v) is 10.4. The van der Waals surface area contributed by atoms with Crippen LogP contribution in [0.5, 0.6) is 5.75 Å². The third-order valence-electron chi connectivity index (χ3n) is 6.67. The number of benzene rings is 2. The first kappa shape index (κ1) is 20.2. The molecule has 0 atom stereocenters. The Balaban J connectivity index is 1.55. The van der Waals surface area contributed by atoms with Crippen LogP contribution in [0.4, 0.5) is 17.1 Å². The van der Waals surface area contributed by atoms with Gasteiger partial charge in [-0.05, 0) is 61.4 Å². The maximum Gasteiger partial charge on any atom is 0.265 e. The molecule has 0 saturated heterocycles. The third kappa shape index (κ3) is 3.52. The van der Waals surface area contributed by atoms with Gasteiger partial charge >= 0.3 is 0 Å². The molecular formula is C23H27N3O4S. The van der Waals surface area contributed by atoms with Crippen molar-refractivity contribution in [1.29, 1.82) is 0 Å². The molecule has 1 aliphatic heterocycles. The Morgan fingerprint density at radius 3 is 2.61 bits per heavy atom. The largest absolute Gasteiger partial charge is 0.495 e. The number of sulfonamides is 1. The van der Waals surface area contributed by atoms with Crippen LogP contribution in [0.2, 0.25) is 0 Å². The Morgan fingerprint density at radius 2 is 1.90 bits per heavy atom. The van der Waals surface area contributed by atoms with Gasteiger partial charge < -0.3 is 15.4 Å². The Morgan fingerprint density at radius 1 is 1.16 bits per heavy atom. The van der Waals surface area contributed by atoms with Gasteiger partial charge in [0.25, 0.3) is 10.0 Å². The quantitative estimate of drug-likeness (QED) is 0.602. The lowest BCUT2D eigenvalue weighted by Crippen LogP contribution is -2.31. The molecule has 2 fully saturated rings. The smallest absolute Gasteiger partial charge is 0.265 e. The molecule has 1 heterocycles. The number of rotatable bonds is 7. The molecule has 2 aliphatic carbocycles. The van der Waals surface area contributed by atoms with E-state index in [1.807, 2.05) is 6.07 Å². The summed E-state index contributed by atoms with van der Waals surface area (Å²) in [6.07, 6.45) is 5.97. The number of fused-ring (bicyclic) bond motifs is 2. The molecule has 5 rings (SSSR count). The summed E-state index contributed by atoms with van der Waals surface area (Å²) >= 11 is 0. The van der Waals surface area contributed by atoms with Gasteiger partial charge in [-0.2, -0.15) is 0 Å². The van der Waals surface area contributed by atoms with Crippen molar-refractivity contribution in [2.45, 2.75) is 48.8 Å². The average Bonchev–Trinajstić information content (AvgIpc) is 3.38. The van der Waals surface area contributed by atoms with E-state index in [4.69, 9.17) is 4.74 Å². The first-order valence-corrected chi connectivity index (χ1v) is 12.3. The monoisotopic (exact) mass is 441 g/mol. The van der Waals surface area contributed by atoms with Crippen LogP contribution in [0, 0.1) is 5.92 Å². The van der Waals surface area contributed by atoms with Crippen LogP contribution >= 0.6 is 0 Å². The van der Waals surface area contributed by atoms with Gasteiger partial charge in [0.05, 0.1) is 29.6 Å². The summed E-state index contributed by atoms with van der Waals surface area (Å²) in [5, 5.41) is 6.53. The maximum atomic E-state index is 13.2. The zero-order valence-electron chi connectivity index (χ0n) is 17.5. The van der Waals surface area contributed by atoms with Crippen molar-refractivity contribution >= 4 is 33.0 Å². The highest BCUT2D eigenvalue weighted by Crippen LogP contribution is 2.52. The molecule has 1 spiro atoms. The van der Waals surface area contributed by atoms with Crippen molar-refractivity contribution in [3.63, 3.8) is 0 Å². The molecular weight excluding hydrogens is 414 g/mol. The molecule has 0 aromatic heterocycles. The molecule has 2 saturated carbocycles. The highest BCUT2D eigenvalue weighted by molar-refractivity contribution is 7.92. The molecule has 1 amide bonds. The van der Waals surface area contributed by atoms with Gasteiger partial charge in [0, 0.05) is 6.54 Å². The van der Waals surface area contributed by atoms with Crippen molar-refractivity contribution in [2.24, 2.45) is 5.92 Å². The number of amides is 1. The molecule has 3 N–H and O–H groups in total. The zero-order chi connectivity index (χ0) is 21.6. The van der Waals surface area contributed by atoms with Gasteiger partial charge in [-0.25, -0.2) is 8.42 Å². The second kappa shape index (κ2) is 7.44. The lowest BCUT2D eigenvalue weighted by molar-refractivity contribution is -0.120. The van der Waals surface area contributed by atoms with Crippen LogP contribution in [0.25, 0.3) is 0 Å². The van der Waals surface area contributed by atoms with E-state index in [2.05, 4.69) is 15.4 Å². The fraction of sp³-hybridized carbons (Fsp3) is 0.435. The van der Waals surface area contributed by atoms with Crippen molar-refractivity contribution < 1.29 is 17.9 Å². The summed E-state index contributed by atoms with van der Waals surface area (Å²) in [7, 11) is -2.42. The first-order chi connectivity index (χ1) is 14.9. The molecule has 3 aliphatic rings. The van der Waals surface area contributed by atoms with E-state index in [0.717, 1.165) is 49.2 Å². The van der Waals surface area contributed by atoms with Gasteiger partial charge in [0.2, 0.25) is 5.91 Å². The highest BCUT2D eigenvalue weighted by Gasteiger charge is 2.49. The van der Waals surface area contributed by atoms with Gasteiger partial charge in [-0.15, -0.1) is 0 Å². The van der Waals surface area contributed by atoms with Crippen LogP contribution in [0.15, 0.2) is 41.3 Å². The number of para-hydroxylation sites is 1. The number of hydrogen-bond acceptors (Lipinski definition) is 5. The molecule has 0 unspecified atom stereocenters. The van der Waals surface area contributed by atoms with Gasteiger partial charge in [0.15, 0.2) is 0 Å². The average molecular weight is 442 g/mol. The summed E-state index contributed by atoms with van der Waals surface area (Å²) in [6.45, 7) is 0.817. The predicted octanol–water partition coefficient (Wildman–Crippen LogP) is 4.08. The lowest BCUT2D eigenvalue weighted by Gasteiger charge is -2.22. The van der Waals surface area contributed by atoms with Crippen LogP contribution in [-0.4, -0.2) is 28.0 Å². The summed E-state index contributed by atoms with van der Waals surface area (Å²) < 4.78 is 34.3. The molecule has 31 heavy (non-hydrogen) atoms. The Labute approximate surface area is 182 Å². The van der Waals surface area contributed by atoms with Gasteiger partial charge in [0.1, 0.15) is 10.6 Å². The minimum atomic E-state index is -3.87. The topological polar surface area (TPSA) is 96.5 Å². The van der Waals surface area contributed by atoms with E-state index < -0.39 is 15.4 Å². The molecule has 2 aromatic rings. The number of methoxy groups -OCH3 is 1. The molecule has 2 aromatic carbocycles.